The van der Waals surface area contributed by atoms with Gasteiger partial charge >= 0.3 is 0 Å². The molecule has 4 rings (SSSR count). The molecule has 29 heavy (non-hydrogen) atoms. The van der Waals surface area contributed by atoms with Gasteiger partial charge in [-0.2, -0.15) is 0 Å². The number of carbonyl (C=O) groups is 1. The zero-order valence-corrected chi connectivity index (χ0v) is 18.0. The van der Waals surface area contributed by atoms with Gasteiger partial charge in [-0.15, -0.1) is 10.2 Å². The SMILES string of the molecule is Cc1ccccc1-n1c(SCC(=O)N2CCC(C)CC2)nnc1N1CCOCC1. The van der Waals surface area contributed by atoms with Crippen LogP contribution in [0.3, 0.4) is 0 Å². The van der Waals surface area contributed by atoms with Gasteiger partial charge < -0.3 is 14.5 Å². The number of nitrogens with zero attached hydrogens (tertiary/aromatic N) is 5. The van der Waals surface area contributed by atoms with Gasteiger partial charge in [0, 0.05) is 26.2 Å². The quantitative estimate of drug-likeness (QED) is 0.700. The third kappa shape index (κ3) is 4.59. The van der Waals surface area contributed by atoms with Crippen molar-refractivity contribution in [1.82, 2.24) is 19.7 Å². The maximum Gasteiger partial charge on any atom is 0.233 e. The van der Waals surface area contributed by atoms with Crippen molar-refractivity contribution in [3.63, 3.8) is 0 Å². The molecule has 0 bridgehead atoms. The zero-order valence-electron chi connectivity index (χ0n) is 17.2. The molecule has 0 radical (unpaired) electrons. The van der Waals surface area contributed by atoms with Gasteiger partial charge in [0.05, 0.1) is 24.7 Å². The number of thioether (sulfide) groups is 1. The summed E-state index contributed by atoms with van der Waals surface area (Å²) in [5, 5.41) is 9.72. The molecule has 2 aromatic rings. The van der Waals surface area contributed by atoms with E-state index in [1.807, 2.05) is 17.0 Å². The standard InChI is InChI=1S/C21H29N5O2S/c1-16-7-9-24(10-8-16)19(27)15-29-21-23-22-20(25-11-13-28-14-12-25)26(21)18-6-4-3-5-17(18)2/h3-6,16H,7-15H2,1-2H3. The summed E-state index contributed by atoms with van der Waals surface area (Å²) in [6.07, 6.45) is 2.19. The molecule has 2 aliphatic rings. The summed E-state index contributed by atoms with van der Waals surface area (Å²) in [7, 11) is 0. The minimum absolute atomic E-state index is 0.189. The predicted molar refractivity (Wildman–Crippen MR) is 115 cm³/mol. The van der Waals surface area contributed by atoms with E-state index in [0.29, 0.717) is 24.9 Å². The lowest BCUT2D eigenvalue weighted by Crippen LogP contribution is -2.39. The summed E-state index contributed by atoms with van der Waals surface area (Å²) >= 11 is 1.48. The number of likely N-dealkylation sites (tertiary alicyclic amines) is 1. The van der Waals surface area contributed by atoms with E-state index in [1.54, 1.807) is 0 Å². The number of rotatable bonds is 5. The first-order chi connectivity index (χ1) is 14.1. The second-order valence-corrected chi connectivity index (χ2v) is 8.80. The molecule has 0 unspecified atom stereocenters. The van der Waals surface area contributed by atoms with Crippen LogP contribution < -0.4 is 4.90 Å². The molecule has 3 heterocycles. The van der Waals surface area contributed by atoms with Crippen LogP contribution in [0.25, 0.3) is 5.69 Å². The molecule has 0 N–H and O–H groups in total. The minimum Gasteiger partial charge on any atom is -0.378 e. The van der Waals surface area contributed by atoms with E-state index < -0.39 is 0 Å². The molecule has 1 aromatic heterocycles. The normalized spacial score (nSPS) is 18.3. The summed E-state index contributed by atoms with van der Waals surface area (Å²) in [5.41, 5.74) is 2.21. The highest BCUT2D eigenvalue weighted by atomic mass is 32.2. The van der Waals surface area contributed by atoms with Gasteiger partial charge in [-0.1, -0.05) is 36.9 Å². The van der Waals surface area contributed by atoms with Crippen molar-refractivity contribution in [2.75, 3.05) is 50.0 Å². The van der Waals surface area contributed by atoms with E-state index in [4.69, 9.17) is 4.74 Å². The summed E-state index contributed by atoms with van der Waals surface area (Å²) in [4.78, 5) is 16.9. The Morgan fingerprint density at radius 3 is 2.59 bits per heavy atom. The molecule has 0 atom stereocenters. The average molecular weight is 416 g/mol. The fourth-order valence-electron chi connectivity index (χ4n) is 3.82. The Hall–Kier alpha value is -2.06. The average Bonchev–Trinajstić information content (AvgIpc) is 3.17. The fraction of sp³-hybridized carbons (Fsp3) is 0.571. The highest BCUT2D eigenvalue weighted by molar-refractivity contribution is 7.99. The number of morpholine rings is 1. The van der Waals surface area contributed by atoms with Crippen LogP contribution in [0, 0.1) is 12.8 Å². The van der Waals surface area contributed by atoms with Crippen molar-refractivity contribution in [3.8, 4) is 5.69 Å². The van der Waals surface area contributed by atoms with Gasteiger partial charge in [0.2, 0.25) is 11.9 Å². The minimum atomic E-state index is 0.189. The highest BCUT2D eigenvalue weighted by Gasteiger charge is 2.25. The molecule has 2 fully saturated rings. The molecular formula is C21H29N5O2S. The van der Waals surface area contributed by atoms with Crippen LogP contribution >= 0.6 is 11.8 Å². The van der Waals surface area contributed by atoms with Crippen molar-refractivity contribution >= 4 is 23.6 Å². The van der Waals surface area contributed by atoms with Crippen molar-refractivity contribution < 1.29 is 9.53 Å². The Morgan fingerprint density at radius 1 is 1.14 bits per heavy atom. The number of amides is 1. The molecule has 7 nitrogen and oxygen atoms in total. The van der Waals surface area contributed by atoms with Crippen molar-refractivity contribution in [2.45, 2.75) is 31.8 Å². The van der Waals surface area contributed by atoms with Gasteiger partial charge in [-0.05, 0) is 37.3 Å². The third-order valence-electron chi connectivity index (χ3n) is 5.73. The molecule has 8 heteroatoms. The van der Waals surface area contributed by atoms with E-state index in [9.17, 15) is 4.79 Å². The van der Waals surface area contributed by atoms with Crippen LogP contribution in [0.2, 0.25) is 0 Å². The van der Waals surface area contributed by atoms with Gasteiger partial charge in [-0.25, -0.2) is 0 Å². The summed E-state index contributed by atoms with van der Waals surface area (Å²) in [6, 6.07) is 8.23. The lowest BCUT2D eigenvalue weighted by atomic mass is 9.99. The molecule has 0 saturated carbocycles. The van der Waals surface area contributed by atoms with Gasteiger partial charge in [0.25, 0.3) is 0 Å². The first-order valence-electron chi connectivity index (χ1n) is 10.4. The van der Waals surface area contributed by atoms with Crippen molar-refractivity contribution in [2.24, 2.45) is 5.92 Å². The fourth-order valence-corrected chi connectivity index (χ4v) is 4.67. The third-order valence-corrected chi connectivity index (χ3v) is 6.64. The molecular weight excluding hydrogens is 386 g/mol. The number of hydrogen-bond donors (Lipinski definition) is 0. The number of ether oxygens (including phenoxy) is 1. The predicted octanol–water partition coefficient (Wildman–Crippen LogP) is 2.76. The second-order valence-electron chi connectivity index (χ2n) is 7.86. The molecule has 0 aliphatic carbocycles. The van der Waals surface area contributed by atoms with E-state index in [2.05, 4.69) is 45.6 Å². The van der Waals surface area contributed by atoms with Gasteiger partial charge in [0.15, 0.2) is 5.16 Å². The molecule has 1 amide bonds. The number of benzene rings is 1. The molecule has 2 aliphatic heterocycles. The number of anilines is 1. The van der Waals surface area contributed by atoms with Crippen LogP contribution in [0.1, 0.15) is 25.3 Å². The maximum absolute atomic E-state index is 12.7. The Morgan fingerprint density at radius 2 is 1.86 bits per heavy atom. The number of hydrogen-bond acceptors (Lipinski definition) is 6. The molecule has 156 valence electrons. The second kappa shape index (κ2) is 9.17. The van der Waals surface area contributed by atoms with E-state index >= 15 is 0 Å². The number of aromatic nitrogens is 3. The lowest BCUT2D eigenvalue weighted by Gasteiger charge is -2.30. The molecule has 2 saturated heterocycles. The first kappa shape index (κ1) is 20.2. The number of piperidine rings is 1. The monoisotopic (exact) mass is 415 g/mol. The Labute approximate surface area is 176 Å². The van der Waals surface area contributed by atoms with Crippen molar-refractivity contribution in [3.05, 3.63) is 29.8 Å². The largest absolute Gasteiger partial charge is 0.378 e. The highest BCUT2D eigenvalue weighted by Crippen LogP contribution is 2.29. The maximum atomic E-state index is 12.7. The lowest BCUT2D eigenvalue weighted by molar-refractivity contribution is -0.129. The molecule has 1 aromatic carbocycles. The molecule has 0 spiro atoms. The summed E-state index contributed by atoms with van der Waals surface area (Å²) in [5.74, 6) is 2.12. The zero-order chi connectivity index (χ0) is 20.2. The van der Waals surface area contributed by atoms with Crippen LogP contribution in [-0.4, -0.2) is 70.7 Å². The van der Waals surface area contributed by atoms with Crippen LogP contribution in [-0.2, 0) is 9.53 Å². The van der Waals surface area contributed by atoms with Crippen LogP contribution in [0.5, 0.6) is 0 Å². The van der Waals surface area contributed by atoms with Gasteiger partial charge in [0.1, 0.15) is 0 Å². The summed E-state index contributed by atoms with van der Waals surface area (Å²) in [6.45, 7) is 9.04. The van der Waals surface area contributed by atoms with Crippen molar-refractivity contribution in [1.29, 1.82) is 0 Å². The van der Waals surface area contributed by atoms with E-state index in [-0.39, 0.29) is 5.91 Å². The number of para-hydroxylation sites is 1. The van der Waals surface area contributed by atoms with Crippen LogP contribution in [0.15, 0.2) is 29.4 Å². The first-order valence-corrected chi connectivity index (χ1v) is 11.4. The Bertz CT molecular complexity index is 841. The summed E-state index contributed by atoms with van der Waals surface area (Å²) < 4.78 is 7.59. The van der Waals surface area contributed by atoms with E-state index in [1.165, 1.54) is 11.8 Å². The topological polar surface area (TPSA) is 63.5 Å². The number of aryl methyl sites for hydroxylation is 1. The van der Waals surface area contributed by atoms with Gasteiger partial charge in [-0.3, -0.25) is 9.36 Å². The van der Waals surface area contributed by atoms with E-state index in [0.717, 1.165) is 61.4 Å². The Kier molecular flexibility index (Phi) is 6.40. The smallest absolute Gasteiger partial charge is 0.233 e. The number of carbonyl (C=O) groups excluding carboxylic acids is 1. The van der Waals surface area contributed by atoms with Crippen LogP contribution in [0.4, 0.5) is 5.95 Å². The Balaban J connectivity index is 1.55.